The van der Waals surface area contributed by atoms with Crippen LogP contribution in [0.1, 0.15) is 117 Å². The minimum atomic E-state index is -0.442. The molecule has 0 aromatic heterocycles. The first-order valence-corrected chi connectivity index (χ1v) is 25.2. The van der Waals surface area contributed by atoms with Gasteiger partial charge in [-0.15, -0.1) is 0 Å². The van der Waals surface area contributed by atoms with Crippen LogP contribution >= 0.6 is 0 Å². The Kier molecular flexibility index (Phi) is 10.8. The molecule has 356 valence electrons. The Hall–Kier alpha value is -4.30. The first-order valence-electron chi connectivity index (χ1n) is 25.2. The molecule has 2 aromatic carbocycles. The van der Waals surface area contributed by atoms with Gasteiger partial charge in [0.2, 0.25) is 23.6 Å². The summed E-state index contributed by atoms with van der Waals surface area (Å²) < 4.78 is 29.9. The van der Waals surface area contributed by atoms with E-state index in [2.05, 4.69) is 20.4 Å². The van der Waals surface area contributed by atoms with Gasteiger partial charge in [-0.2, -0.15) is 0 Å². The standard InChI is InChI=1S/2C26H34FN3O3/c2*1-16(31)28-20-3-4-22(21(27)11-20)29-7-2-5-25(15-29)6-8-30(24(25)33)26-12-17-9-18(13-26)23(32)19(10-17)14-26/h2*3-4,11,17-19,23,32H,2,5-10,12-15H2,1H3,(H,28,31)/t2*17?,18?,19?,23?,25-,26?/m11/s1. The highest BCUT2D eigenvalue weighted by Gasteiger charge is 2.64. The smallest absolute Gasteiger partial charge is 0.231 e. The molecule has 8 aliphatic carbocycles. The van der Waals surface area contributed by atoms with Gasteiger partial charge in [0.1, 0.15) is 11.6 Å². The molecule has 4 N–H and O–H groups in total. The number of carbonyl (C=O) groups excluding carboxylic acids is 4. The molecule has 12 aliphatic rings. The second kappa shape index (κ2) is 16.2. The summed E-state index contributed by atoms with van der Waals surface area (Å²) in [5.41, 5.74) is 0.893. The van der Waals surface area contributed by atoms with E-state index in [-0.39, 0.29) is 58.5 Å². The van der Waals surface area contributed by atoms with Gasteiger partial charge in [-0.1, -0.05) is 0 Å². The quantitative estimate of drug-likeness (QED) is 0.241. The summed E-state index contributed by atoms with van der Waals surface area (Å²) in [5.74, 6) is 2.02. The molecular formula is C52H68F2N6O6. The number of hydrogen-bond acceptors (Lipinski definition) is 8. The molecule has 4 unspecified atom stereocenters. The molecule has 6 atom stereocenters. The molecule has 2 spiro atoms. The molecule has 4 aliphatic heterocycles. The van der Waals surface area contributed by atoms with Crippen LogP contribution in [0.15, 0.2) is 36.4 Å². The lowest BCUT2D eigenvalue weighted by Gasteiger charge is -2.61. The van der Waals surface area contributed by atoms with Gasteiger partial charge in [-0.3, -0.25) is 19.2 Å². The molecule has 4 heterocycles. The van der Waals surface area contributed by atoms with E-state index in [0.717, 1.165) is 129 Å². The number of nitrogens with zero attached hydrogens (tertiary/aromatic N) is 4. The van der Waals surface area contributed by atoms with Crippen molar-refractivity contribution >= 4 is 46.4 Å². The van der Waals surface area contributed by atoms with Crippen LogP contribution in [0.2, 0.25) is 0 Å². The minimum Gasteiger partial charge on any atom is -0.393 e. The van der Waals surface area contributed by atoms with Crippen LogP contribution in [0.3, 0.4) is 0 Å². The lowest BCUT2D eigenvalue weighted by Crippen LogP contribution is -2.65. The van der Waals surface area contributed by atoms with Crippen molar-refractivity contribution in [2.24, 2.45) is 46.3 Å². The lowest BCUT2D eigenvalue weighted by molar-refractivity contribution is -0.168. The van der Waals surface area contributed by atoms with Gasteiger partial charge in [0.25, 0.3) is 0 Å². The average molecular weight is 911 g/mol. The van der Waals surface area contributed by atoms with Crippen LogP contribution in [0, 0.1) is 58.0 Å². The first-order chi connectivity index (χ1) is 31.6. The third-order valence-corrected chi connectivity index (χ3v) is 18.9. The highest BCUT2D eigenvalue weighted by molar-refractivity contribution is 5.90. The third kappa shape index (κ3) is 7.31. The van der Waals surface area contributed by atoms with Crippen LogP contribution < -0.4 is 20.4 Å². The molecule has 2 aromatic rings. The molecular weight excluding hydrogens is 843 g/mol. The van der Waals surface area contributed by atoms with Gasteiger partial charge < -0.3 is 40.4 Å². The highest BCUT2D eigenvalue weighted by Crippen LogP contribution is 2.61. The Morgan fingerprint density at radius 1 is 0.576 bits per heavy atom. The summed E-state index contributed by atoms with van der Waals surface area (Å²) in [6.45, 7) is 6.95. The Labute approximate surface area is 387 Å². The van der Waals surface area contributed by atoms with Gasteiger partial charge in [0.05, 0.1) is 34.4 Å². The molecule has 8 saturated carbocycles. The summed E-state index contributed by atoms with van der Waals surface area (Å²) in [4.78, 5) is 59.1. The number of piperidine rings is 2. The van der Waals surface area contributed by atoms with Crippen LogP contribution in [0.4, 0.5) is 31.5 Å². The number of hydrogen-bond donors (Lipinski definition) is 4. The number of anilines is 4. The van der Waals surface area contributed by atoms with Crippen LogP contribution in [0.5, 0.6) is 0 Å². The number of benzene rings is 2. The fourth-order valence-corrected chi connectivity index (χ4v) is 16.6. The van der Waals surface area contributed by atoms with Gasteiger partial charge in [0, 0.05) is 75.6 Å². The van der Waals surface area contributed by atoms with E-state index in [1.807, 2.05) is 9.80 Å². The van der Waals surface area contributed by atoms with Gasteiger partial charge >= 0.3 is 0 Å². The molecule has 14 heteroatoms. The Morgan fingerprint density at radius 3 is 1.30 bits per heavy atom. The number of amides is 4. The number of carbonyl (C=O) groups is 4. The predicted octanol–water partition coefficient (Wildman–Crippen LogP) is 7.09. The van der Waals surface area contributed by atoms with E-state index in [0.29, 0.717) is 71.3 Å². The van der Waals surface area contributed by atoms with Crippen molar-refractivity contribution in [3.63, 3.8) is 0 Å². The maximum absolute atomic E-state index is 15.0. The number of aliphatic hydroxyl groups is 2. The fraction of sp³-hybridized carbons (Fsp3) is 0.692. The summed E-state index contributed by atoms with van der Waals surface area (Å²) in [6.07, 6.45) is 15.2. The number of aliphatic hydroxyl groups excluding tert-OH is 2. The summed E-state index contributed by atoms with van der Waals surface area (Å²) in [6, 6.07) is 9.62. The van der Waals surface area contributed by atoms with E-state index in [1.165, 1.54) is 26.0 Å². The number of likely N-dealkylation sites (tertiary alicyclic amines) is 2. The predicted molar refractivity (Wildman–Crippen MR) is 246 cm³/mol. The first kappa shape index (κ1) is 44.2. The second-order valence-corrected chi connectivity index (χ2v) is 23.1. The Morgan fingerprint density at radius 2 is 0.955 bits per heavy atom. The molecule has 12 nitrogen and oxygen atoms in total. The molecule has 14 rings (SSSR count). The zero-order valence-electron chi connectivity index (χ0n) is 38.7. The minimum absolute atomic E-state index is 0.0656. The van der Waals surface area contributed by atoms with Crippen molar-refractivity contribution in [1.82, 2.24) is 9.80 Å². The number of nitrogens with one attached hydrogen (secondary N) is 2. The van der Waals surface area contributed by atoms with E-state index in [9.17, 15) is 38.2 Å². The zero-order chi connectivity index (χ0) is 45.9. The van der Waals surface area contributed by atoms with E-state index >= 15 is 0 Å². The van der Waals surface area contributed by atoms with E-state index in [4.69, 9.17) is 0 Å². The summed E-state index contributed by atoms with van der Waals surface area (Å²) in [7, 11) is 0. The SMILES string of the molecule is CC(=O)Nc1ccc(N2CCC[C@@]3(CCN(C45CC6CC(C4)C(O)C(C6)C5)C3=O)C2)c(F)c1.CC(=O)Nc1ccc(N2CCC[C@@]3(CCN(C45CC6CC(C4)C(O)C(C6)C5)C3=O)C2)c(F)c1. The highest BCUT2D eigenvalue weighted by atomic mass is 19.1. The van der Waals surface area contributed by atoms with Crippen LogP contribution in [0.25, 0.3) is 0 Å². The van der Waals surface area contributed by atoms with Crippen LogP contribution in [-0.4, -0.2) is 106 Å². The van der Waals surface area contributed by atoms with Crippen molar-refractivity contribution in [3.8, 4) is 0 Å². The monoisotopic (exact) mass is 911 g/mol. The number of halogens is 2. The average Bonchev–Trinajstić information content (AvgIpc) is 3.75. The fourth-order valence-electron chi connectivity index (χ4n) is 16.6. The van der Waals surface area contributed by atoms with Crippen molar-refractivity contribution < 1.29 is 38.2 Å². The summed E-state index contributed by atoms with van der Waals surface area (Å²) in [5, 5.41) is 26.6. The molecule has 0 radical (unpaired) electrons. The van der Waals surface area contributed by atoms with E-state index < -0.39 is 10.8 Å². The Balaban J connectivity index is 0.000000146. The van der Waals surface area contributed by atoms with E-state index in [1.54, 1.807) is 24.3 Å². The largest absolute Gasteiger partial charge is 0.393 e. The van der Waals surface area contributed by atoms with Gasteiger partial charge in [-0.05, 0) is 175 Å². The molecule has 4 saturated heterocycles. The Bertz CT molecular complexity index is 2120. The maximum atomic E-state index is 15.0. The molecule has 12 fully saturated rings. The zero-order valence-corrected chi connectivity index (χ0v) is 38.7. The van der Waals surface area contributed by atoms with Crippen molar-refractivity contribution in [2.45, 2.75) is 140 Å². The molecule has 66 heavy (non-hydrogen) atoms. The van der Waals surface area contributed by atoms with Crippen LogP contribution in [-0.2, 0) is 19.2 Å². The normalized spacial score (nSPS) is 39.5. The maximum Gasteiger partial charge on any atom is 0.231 e. The summed E-state index contributed by atoms with van der Waals surface area (Å²) >= 11 is 0. The number of rotatable bonds is 6. The molecule has 8 bridgehead atoms. The molecule has 4 amide bonds. The third-order valence-electron chi connectivity index (χ3n) is 18.9. The van der Waals surface area contributed by atoms with Crippen molar-refractivity contribution in [3.05, 3.63) is 48.0 Å². The second-order valence-electron chi connectivity index (χ2n) is 23.1. The topological polar surface area (TPSA) is 146 Å². The van der Waals surface area contributed by atoms with Crippen molar-refractivity contribution in [1.29, 1.82) is 0 Å². The van der Waals surface area contributed by atoms with Gasteiger partial charge in [0.15, 0.2) is 0 Å². The van der Waals surface area contributed by atoms with Crippen molar-refractivity contribution in [2.75, 3.05) is 59.7 Å². The lowest BCUT2D eigenvalue weighted by atomic mass is 9.51. The van der Waals surface area contributed by atoms with Gasteiger partial charge in [-0.25, -0.2) is 8.78 Å².